The Morgan fingerprint density at radius 2 is 2.32 bits per heavy atom. The van der Waals surface area contributed by atoms with Crippen LogP contribution in [0.3, 0.4) is 0 Å². The van der Waals surface area contributed by atoms with Gasteiger partial charge in [-0.2, -0.15) is 11.8 Å². The molecule has 0 spiro atoms. The summed E-state index contributed by atoms with van der Waals surface area (Å²) in [6.07, 6.45) is 3.92. The molecule has 1 saturated carbocycles. The topological polar surface area (TPSA) is 28.2 Å². The summed E-state index contributed by atoms with van der Waals surface area (Å²) in [5.74, 6) is 2.39. The number of aromatic nitrogens is 1. The van der Waals surface area contributed by atoms with Crippen molar-refractivity contribution in [2.45, 2.75) is 44.0 Å². The fourth-order valence-electron chi connectivity index (χ4n) is 2.45. The summed E-state index contributed by atoms with van der Waals surface area (Å²) in [7, 11) is 0. The molecular weight excluding hydrogens is 254 g/mol. The number of hydrogen-bond donors (Lipinski definition) is 1. The maximum Gasteiger partial charge on any atom is 0.128 e. The Bertz CT molecular complexity index is 420. The third-order valence-corrected chi connectivity index (χ3v) is 5.23. The molecular formula is C15H23N3S. The molecule has 1 aliphatic heterocycles. The first-order valence-corrected chi connectivity index (χ1v) is 8.46. The summed E-state index contributed by atoms with van der Waals surface area (Å²) in [6.45, 7) is 5.48. The van der Waals surface area contributed by atoms with E-state index in [0.717, 1.165) is 36.7 Å². The van der Waals surface area contributed by atoms with Gasteiger partial charge in [0.25, 0.3) is 0 Å². The standard InChI is InChI=1S/C15H23N3S/c1-2-14-11-18(8-9-19-14)15-5-3-4-13(17-15)10-16-12-6-7-12/h3-5,12,14,16H,2,6-11H2,1H3. The monoisotopic (exact) mass is 277 g/mol. The number of pyridine rings is 1. The molecule has 1 unspecified atom stereocenters. The molecule has 1 aliphatic carbocycles. The minimum atomic E-state index is 0.751. The Kier molecular flexibility index (Phi) is 4.28. The van der Waals surface area contributed by atoms with Crippen molar-refractivity contribution in [2.75, 3.05) is 23.7 Å². The Hall–Kier alpha value is -0.740. The molecule has 1 aromatic rings. The molecule has 3 nitrogen and oxygen atoms in total. The normalized spacial score (nSPS) is 23.6. The zero-order chi connectivity index (χ0) is 13.1. The van der Waals surface area contributed by atoms with E-state index >= 15 is 0 Å². The van der Waals surface area contributed by atoms with Gasteiger partial charge in [0.2, 0.25) is 0 Å². The molecule has 0 bridgehead atoms. The summed E-state index contributed by atoms with van der Waals surface area (Å²) in [4.78, 5) is 7.27. The minimum absolute atomic E-state index is 0.751. The highest BCUT2D eigenvalue weighted by atomic mass is 32.2. The van der Waals surface area contributed by atoms with Crippen molar-refractivity contribution >= 4 is 17.6 Å². The largest absolute Gasteiger partial charge is 0.355 e. The lowest BCUT2D eigenvalue weighted by Crippen LogP contribution is -2.38. The van der Waals surface area contributed by atoms with Crippen LogP contribution >= 0.6 is 11.8 Å². The molecule has 0 aromatic carbocycles. The number of anilines is 1. The predicted molar refractivity (Wildman–Crippen MR) is 82.8 cm³/mol. The van der Waals surface area contributed by atoms with E-state index in [0.29, 0.717) is 0 Å². The van der Waals surface area contributed by atoms with Gasteiger partial charge in [0.1, 0.15) is 5.82 Å². The second-order valence-electron chi connectivity index (χ2n) is 5.49. The number of thioether (sulfide) groups is 1. The second-order valence-corrected chi connectivity index (χ2v) is 6.90. The Morgan fingerprint density at radius 1 is 1.42 bits per heavy atom. The van der Waals surface area contributed by atoms with Crippen LogP contribution in [0.5, 0.6) is 0 Å². The van der Waals surface area contributed by atoms with Crippen molar-refractivity contribution in [3.8, 4) is 0 Å². The molecule has 3 rings (SSSR count). The van der Waals surface area contributed by atoms with Crippen molar-refractivity contribution in [2.24, 2.45) is 0 Å². The molecule has 4 heteroatoms. The van der Waals surface area contributed by atoms with Gasteiger partial charge in [0.05, 0.1) is 5.69 Å². The van der Waals surface area contributed by atoms with E-state index in [1.54, 1.807) is 0 Å². The highest BCUT2D eigenvalue weighted by Gasteiger charge is 2.21. The molecule has 1 saturated heterocycles. The van der Waals surface area contributed by atoms with Crippen molar-refractivity contribution < 1.29 is 0 Å². The van der Waals surface area contributed by atoms with Crippen LogP contribution in [0.15, 0.2) is 18.2 Å². The first-order chi connectivity index (χ1) is 9.35. The van der Waals surface area contributed by atoms with Crippen LogP contribution in [0.1, 0.15) is 31.9 Å². The molecule has 0 radical (unpaired) electrons. The van der Waals surface area contributed by atoms with Crippen LogP contribution in [0.25, 0.3) is 0 Å². The molecule has 104 valence electrons. The van der Waals surface area contributed by atoms with Gasteiger partial charge < -0.3 is 10.2 Å². The SMILES string of the molecule is CCC1CN(c2cccc(CNC3CC3)n2)CCS1. The van der Waals surface area contributed by atoms with E-state index in [9.17, 15) is 0 Å². The first-order valence-electron chi connectivity index (χ1n) is 7.41. The first kappa shape index (κ1) is 13.3. The molecule has 1 N–H and O–H groups in total. The van der Waals surface area contributed by atoms with E-state index in [1.165, 1.54) is 30.7 Å². The summed E-state index contributed by atoms with van der Waals surface area (Å²) in [5, 5.41) is 4.31. The lowest BCUT2D eigenvalue weighted by molar-refractivity contribution is 0.669. The zero-order valence-corrected chi connectivity index (χ0v) is 12.5. The highest BCUT2D eigenvalue weighted by Crippen LogP contribution is 2.25. The van der Waals surface area contributed by atoms with E-state index < -0.39 is 0 Å². The summed E-state index contributed by atoms with van der Waals surface area (Å²) in [5.41, 5.74) is 1.18. The fraction of sp³-hybridized carbons (Fsp3) is 0.667. The van der Waals surface area contributed by atoms with Crippen LogP contribution in [0, 0.1) is 0 Å². The summed E-state index contributed by atoms with van der Waals surface area (Å²) >= 11 is 2.11. The average molecular weight is 277 g/mol. The van der Waals surface area contributed by atoms with E-state index in [-0.39, 0.29) is 0 Å². The smallest absolute Gasteiger partial charge is 0.128 e. The molecule has 2 fully saturated rings. The van der Waals surface area contributed by atoms with Gasteiger partial charge in [0.15, 0.2) is 0 Å². The lowest BCUT2D eigenvalue weighted by atomic mass is 10.2. The summed E-state index contributed by atoms with van der Waals surface area (Å²) in [6, 6.07) is 7.19. The maximum atomic E-state index is 4.82. The fourth-order valence-corrected chi connectivity index (χ4v) is 3.63. The predicted octanol–water partition coefficient (Wildman–Crippen LogP) is 2.67. The Balaban J connectivity index is 1.63. The van der Waals surface area contributed by atoms with Crippen LogP contribution in [0.2, 0.25) is 0 Å². The zero-order valence-electron chi connectivity index (χ0n) is 11.6. The molecule has 0 amide bonds. The van der Waals surface area contributed by atoms with Crippen molar-refractivity contribution in [1.82, 2.24) is 10.3 Å². The van der Waals surface area contributed by atoms with Gasteiger partial charge in [-0.15, -0.1) is 0 Å². The number of nitrogens with one attached hydrogen (secondary N) is 1. The number of rotatable bonds is 5. The van der Waals surface area contributed by atoms with Crippen molar-refractivity contribution in [1.29, 1.82) is 0 Å². The lowest BCUT2D eigenvalue weighted by Gasteiger charge is -2.33. The van der Waals surface area contributed by atoms with E-state index in [1.807, 2.05) is 0 Å². The van der Waals surface area contributed by atoms with Crippen LogP contribution in [0.4, 0.5) is 5.82 Å². The van der Waals surface area contributed by atoms with Gasteiger partial charge in [0, 0.05) is 36.7 Å². The molecule has 2 heterocycles. The molecule has 2 aliphatic rings. The van der Waals surface area contributed by atoms with Gasteiger partial charge >= 0.3 is 0 Å². The highest BCUT2D eigenvalue weighted by molar-refractivity contribution is 8.00. The average Bonchev–Trinajstić information content (AvgIpc) is 3.30. The van der Waals surface area contributed by atoms with Gasteiger partial charge in [-0.3, -0.25) is 0 Å². The minimum Gasteiger partial charge on any atom is -0.355 e. The number of hydrogen-bond acceptors (Lipinski definition) is 4. The van der Waals surface area contributed by atoms with E-state index in [4.69, 9.17) is 4.98 Å². The van der Waals surface area contributed by atoms with Gasteiger partial charge in [-0.05, 0) is 31.4 Å². The Morgan fingerprint density at radius 3 is 3.11 bits per heavy atom. The molecule has 19 heavy (non-hydrogen) atoms. The molecule has 1 aromatic heterocycles. The van der Waals surface area contributed by atoms with Gasteiger partial charge in [-0.1, -0.05) is 13.0 Å². The third-order valence-electron chi connectivity index (χ3n) is 3.86. The summed E-state index contributed by atoms with van der Waals surface area (Å²) < 4.78 is 0. The van der Waals surface area contributed by atoms with Crippen LogP contribution in [-0.2, 0) is 6.54 Å². The third kappa shape index (κ3) is 3.63. The van der Waals surface area contributed by atoms with Crippen LogP contribution < -0.4 is 10.2 Å². The van der Waals surface area contributed by atoms with Crippen molar-refractivity contribution in [3.05, 3.63) is 23.9 Å². The number of nitrogens with zero attached hydrogens (tertiary/aromatic N) is 2. The second kappa shape index (κ2) is 6.14. The maximum absolute atomic E-state index is 4.82. The van der Waals surface area contributed by atoms with Crippen molar-refractivity contribution in [3.63, 3.8) is 0 Å². The quantitative estimate of drug-likeness (QED) is 0.895. The van der Waals surface area contributed by atoms with E-state index in [2.05, 4.69) is 47.1 Å². The van der Waals surface area contributed by atoms with Gasteiger partial charge in [-0.25, -0.2) is 4.98 Å². The Labute approximate surface area is 120 Å². The van der Waals surface area contributed by atoms with Crippen LogP contribution in [-0.4, -0.2) is 35.1 Å². The molecule has 1 atom stereocenters.